The molecular weight excluding hydrogens is 765 g/mol. The second kappa shape index (κ2) is 17.4. The third-order valence-electron chi connectivity index (χ3n) is 11.7. The summed E-state index contributed by atoms with van der Waals surface area (Å²) in [5, 5.41) is 7.29. The number of allylic oxidation sites excluding steroid dienone is 5. The Bertz CT molecular complexity index is 3320. The average Bonchev–Trinajstić information content (AvgIpc) is 3.34. The molecule has 0 unspecified atom stereocenters. The van der Waals surface area contributed by atoms with Crippen LogP contribution in [0.5, 0.6) is 0 Å². The summed E-state index contributed by atoms with van der Waals surface area (Å²) in [7, 11) is 0. The zero-order valence-corrected chi connectivity index (χ0v) is 35.5. The molecule has 2 N–H and O–H groups in total. The zero-order chi connectivity index (χ0) is 43.5. The highest BCUT2D eigenvalue weighted by atomic mass is 14.9. The first kappa shape index (κ1) is 40.2. The van der Waals surface area contributed by atoms with Crippen LogP contribution in [0.1, 0.15) is 35.0 Å². The first-order valence-electron chi connectivity index (χ1n) is 21.1. The fraction of sp³-hybridized carbons (Fsp3) is 0.0339. The lowest BCUT2D eigenvalue weighted by Gasteiger charge is -2.16. The van der Waals surface area contributed by atoms with Crippen LogP contribution in [0, 0.1) is 6.92 Å². The molecule has 0 aliphatic heterocycles. The van der Waals surface area contributed by atoms with Gasteiger partial charge in [0.1, 0.15) is 0 Å². The van der Waals surface area contributed by atoms with Crippen molar-refractivity contribution in [3.8, 4) is 33.6 Å². The predicted octanol–water partition coefficient (Wildman–Crippen LogP) is 14.9. The van der Waals surface area contributed by atoms with Crippen LogP contribution in [0.4, 0.5) is 0 Å². The van der Waals surface area contributed by atoms with E-state index in [1.807, 2.05) is 67.6 Å². The van der Waals surface area contributed by atoms with Crippen molar-refractivity contribution in [2.45, 2.75) is 13.8 Å². The molecule has 302 valence electrons. The average molecular weight is 811 g/mol. The van der Waals surface area contributed by atoms with E-state index in [2.05, 4.69) is 148 Å². The largest absolute Gasteiger partial charge is 0.398 e. The van der Waals surface area contributed by atoms with E-state index in [0.717, 1.165) is 72.8 Å². The van der Waals surface area contributed by atoms with E-state index in [4.69, 9.17) is 20.7 Å². The topological polar surface area (TPSA) is 64.2 Å². The number of benzene rings is 8. The Hall–Kier alpha value is -8.21. The standard InChI is InChI=1S/C59H46N4/c1-6-20-41(7-2)59-62-55(42-22-10-8-11-23-42)37-56(63-59)47-34-45(40(5)61-58(43-24-12-9-13-25-43)39(4)57(60)48-26-15-14-21-38(48)3)33-46(35-47)44-31-32-53-51-29-17-16-27-49(51)50-28-18-19-30-52(50)54(53)36-44/h6-37H,1-2,5,60H2,3-4H3/b41-20+,57-39-,61-58?. The molecule has 0 saturated heterocycles. The van der Waals surface area contributed by atoms with Gasteiger partial charge in [0, 0.05) is 39.1 Å². The van der Waals surface area contributed by atoms with E-state index in [-0.39, 0.29) is 0 Å². The molecule has 1 aromatic heterocycles. The van der Waals surface area contributed by atoms with E-state index in [9.17, 15) is 0 Å². The summed E-state index contributed by atoms with van der Waals surface area (Å²) in [5.74, 6) is 0.549. The first-order valence-corrected chi connectivity index (χ1v) is 21.1. The predicted molar refractivity (Wildman–Crippen MR) is 269 cm³/mol. The van der Waals surface area contributed by atoms with Crippen LogP contribution in [-0.4, -0.2) is 15.7 Å². The van der Waals surface area contributed by atoms with Crippen molar-refractivity contribution in [3.05, 3.63) is 248 Å². The van der Waals surface area contributed by atoms with Gasteiger partial charge >= 0.3 is 0 Å². The maximum absolute atomic E-state index is 6.98. The summed E-state index contributed by atoms with van der Waals surface area (Å²) in [6.45, 7) is 16.8. The summed E-state index contributed by atoms with van der Waals surface area (Å²) in [6.07, 6.45) is 5.38. The van der Waals surface area contributed by atoms with Crippen molar-refractivity contribution in [1.29, 1.82) is 0 Å². The molecule has 0 amide bonds. The first-order chi connectivity index (χ1) is 30.8. The SMILES string of the molecule is C=C/C=C(\C=C)c1nc(-c2ccccc2)cc(-c2cc(C(=C)N=C(/C(C)=C(\N)c3ccccc3C)c3ccccc3)cc(-c3ccc4c5ccccc5c5ccccc5c4c3)c2)n1. The molecule has 0 bridgehead atoms. The molecule has 0 atom stereocenters. The highest BCUT2D eigenvalue weighted by Gasteiger charge is 2.18. The zero-order valence-electron chi connectivity index (χ0n) is 35.5. The van der Waals surface area contributed by atoms with Crippen LogP contribution < -0.4 is 5.73 Å². The van der Waals surface area contributed by atoms with E-state index in [0.29, 0.717) is 17.2 Å². The van der Waals surface area contributed by atoms with Gasteiger partial charge in [0.25, 0.3) is 0 Å². The number of hydrogen-bond donors (Lipinski definition) is 1. The third-order valence-corrected chi connectivity index (χ3v) is 11.7. The van der Waals surface area contributed by atoms with Gasteiger partial charge in [-0.05, 0) is 98.8 Å². The highest BCUT2D eigenvalue weighted by molar-refractivity contribution is 6.25. The molecular formula is C59H46N4. The minimum atomic E-state index is 0.549. The Morgan fingerprint density at radius 1 is 0.540 bits per heavy atom. The second-order valence-corrected chi connectivity index (χ2v) is 15.7. The fourth-order valence-corrected chi connectivity index (χ4v) is 8.40. The Balaban J connectivity index is 1.29. The number of hydrogen-bond acceptors (Lipinski definition) is 4. The monoisotopic (exact) mass is 810 g/mol. The molecule has 0 fully saturated rings. The molecule has 63 heavy (non-hydrogen) atoms. The highest BCUT2D eigenvalue weighted by Crippen LogP contribution is 2.39. The van der Waals surface area contributed by atoms with Crippen molar-refractivity contribution in [2.75, 3.05) is 0 Å². The maximum Gasteiger partial charge on any atom is 0.160 e. The van der Waals surface area contributed by atoms with Crippen LogP contribution in [-0.2, 0) is 0 Å². The van der Waals surface area contributed by atoms with Crippen molar-refractivity contribution < 1.29 is 0 Å². The third kappa shape index (κ3) is 7.94. The van der Waals surface area contributed by atoms with Gasteiger partial charge < -0.3 is 5.73 Å². The van der Waals surface area contributed by atoms with Gasteiger partial charge in [-0.25, -0.2) is 15.0 Å². The van der Waals surface area contributed by atoms with Crippen molar-refractivity contribution in [2.24, 2.45) is 10.7 Å². The van der Waals surface area contributed by atoms with Crippen molar-refractivity contribution >= 4 is 55.0 Å². The number of nitrogens with zero attached hydrogens (tertiary/aromatic N) is 3. The molecule has 9 aromatic rings. The normalized spacial score (nSPS) is 12.3. The summed E-state index contributed by atoms with van der Waals surface area (Å²) in [5.41, 5.74) is 19.9. The van der Waals surface area contributed by atoms with Crippen molar-refractivity contribution in [1.82, 2.24) is 9.97 Å². The molecule has 4 heteroatoms. The van der Waals surface area contributed by atoms with Gasteiger partial charge in [0.2, 0.25) is 0 Å². The molecule has 8 aromatic carbocycles. The maximum atomic E-state index is 6.98. The Kier molecular flexibility index (Phi) is 11.1. The summed E-state index contributed by atoms with van der Waals surface area (Å²) in [4.78, 5) is 15.6. The fourth-order valence-electron chi connectivity index (χ4n) is 8.40. The van der Waals surface area contributed by atoms with Gasteiger partial charge in [-0.15, -0.1) is 0 Å². The van der Waals surface area contributed by atoms with E-state index < -0.39 is 0 Å². The van der Waals surface area contributed by atoms with Crippen molar-refractivity contribution in [3.63, 3.8) is 0 Å². The molecule has 0 radical (unpaired) electrons. The molecule has 4 nitrogen and oxygen atoms in total. The molecule has 1 heterocycles. The Morgan fingerprint density at radius 2 is 1.10 bits per heavy atom. The second-order valence-electron chi connectivity index (χ2n) is 15.7. The van der Waals surface area contributed by atoms with Gasteiger partial charge in [-0.3, -0.25) is 0 Å². The number of aromatic nitrogens is 2. The number of aliphatic imine (C=N–C) groups is 1. The van der Waals surface area contributed by atoms with Crippen LogP contribution in [0.3, 0.4) is 0 Å². The van der Waals surface area contributed by atoms with Gasteiger partial charge in [0.15, 0.2) is 5.82 Å². The number of rotatable bonds is 11. The Labute approximate surface area is 369 Å². The number of nitrogens with two attached hydrogens (primary N) is 1. The molecule has 0 aliphatic rings. The van der Waals surface area contributed by atoms with Gasteiger partial charge in [0.05, 0.1) is 22.8 Å². The van der Waals surface area contributed by atoms with E-state index in [1.54, 1.807) is 12.2 Å². The summed E-state index contributed by atoms with van der Waals surface area (Å²) in [6, 6.07) is 61.2. The van der Waals surface area contributed by atoms with Crippen LogP contribution in [0.25, 0.3) is 82.9 Å². The van der Waals surface area contributed by atoms with E-state index >= 15 is 0 Å². The lowest BCUT2D eigenvalue weighted by atomic mass is 9.91. The van der Waals surface area contributed by atoms with Crippen LogP contribution in [0.2, 0.25) is 0 Å². The molecule has 0 aliphatic carbocycles. The summed E-state index contributed by atoms with van der Waals surface area (Å²) < 4.78 is 0. The Morgan fingerprint density at radius 3 is 1.73 bits per heavy atom. The molecule has 9 rings (SSSR count). The lowest BCUT2D eigenvalue weighted by Crippen LogP contribution is -2.11. The summed E-state index contributed by atoms with van der Waals surface area (Å²) >= 11 is 0. The van der Waals surface area contributed by atoms with Gasteiger partial charge in [-0.2, -0.15) is 0 Å². The van der Waals surface area contributed by atoms with Crippen LogP contribution in [0.15, 0.2) is 224 Å². The van der Waals surface area contributed by atoms with Crippen LogP contribution >= 0.6 is 0 Å². The quantitative estimate of drug-likeness (QED) is 0.0804. The lowest BCUT2D eigenvalue weighted by molar-refractivity contribution is 1.13. The number of fused-ring (bicyclic) bond motifs is 6. The minimum Gasteiger partial charge on any atom is -0.398 e. The van der Waals surface area contributed by atoms with E-state index in [1.165, 1.54) is 32.3 Å². The number of aryl methyl sites for hydroxylation is 1. The molecule has 0 spiro atoms. The van der Waals surface area contributed by atoms with Gasteiger partial charge in [-0.1, -0.05) is 184 Å². The minimum absolute atomic E-state index is 0.549. The smallest absolute Gasteiger partial charge is 0.160 e. The molecule has 0 saturated carbocycles.